The van der Waals surface area contributed by atoms with E-state index in [9.17, 15) is 9.59 Å². The van der Waals surface area contributed by atoms with Gasteiger partial charge in [-0.2, -0.15) is 0 Å². The molecule has 0 aromatic heterocycles. The van der Waals surface area contributed by atoms with E-state index in [1.54, 1.807) is 11.9 Å². The Bertz CT molecular complexity index is 483. The molecular formula is C16H24N2O3. The Morgan fingerprint density at radius 1 is 1.19 bits per heavy atom. The van der Waals surface area contributed by atoms with Gasteiger partial charge in [0.05, 0.1) is 13.0 Å². The van der Waals surface area contributed by atoms with Crippen molar-refractivity contribution in [1.29, 1.82) is 0 Å². The minimum Gasteiger partial charge on any atom is -0.481 e. The first-order chi connectivity index (χ1) is 9.81. The lowest BCUT2D eigenvalue weighted by Crippen LogP contribution is -2.42. The molecule has 1 rings (SSSR count). The molecule has 0 radical (unpaired) electrons. The van der Waals surface area contributed by atoms with Crippen molar-refractivity contribution in [3.05, 3.63) is 29.8 Å². The van der Waals surface area contributed by atoms with E-state index < -0.39 is 5.97 Å². The molecule has 5 heteroatoms. The predicted octanol–water partition coefficient (Wildman–Crippen LogP) is 2.14. The molecule has 1 aromatic rings. The van der Waals surface area contributed by atoms with Crippen LogP contribution in [0.25, 0.3) is 0 Å². The van der Waals surface area contributed by atoms with Crippen LogP contribution in [0.4, 0.5) is 5.69 Å². The molecule has 1 aromatic carbocycles. The second-order valence-electron chi connectivity index (χ2n) is 5.50. The van der Waals surface area contributed by atoms with Crippen LogP contribution in [0.3, 0.4) is 0 Å². The van der Waals surface area contributed by atoms with Crippen LogP contribution in [0.15, 0.2) is 24.3 Å². The zero-order valence-corrected chi connectivity index (χ0v) is 13.2. The molecule has 21 heavy (non-hydrogen) atoms. The van der Waals surface area contributed by atoms with Gasteiger partial charge in [-0.3, -0.25) is 9.59 Å². The smallest absolute Gasteiger partial charge is 0.305 e. The Labute approximate surface area is 126 Å². The molecule has 0 unspecified atom stereocenters. The van der Waals surface area contributed by atoms with E-state index in [2.05, 4.69) is 0 Å². The van der Waals surface area contributed by atoms with E-state index in [0.29, 0.717) is 6.54 Å². The summed E-state index contributed by atoms with van der Waals surface area (Å²) in [5.41, 5.74) is 2.00. The third kappa shape index (κ3) is 5.45. The van der Waals surface area contributed by atoms with E-state index >= 15 is 0 Å². The monoisotopic (exact) mass is 292 g/mol. The Morgan fingerprint density at radius 2 is 1.76 bits per heavy atom. The number of hydrogen-bond acceptors (Lipinski definition) is 3. The number of aliphatic carboxylic acids is 1. The maximum Gasteiger partial charge on any atom is 0.305 e. The van der Waals surface area contributed by atoms with Gasteiger partial charge in [-0.25, -0.2) is 0 Å². The molecule has 0 aliphatic heterocycles. The van der Waals surface area contributed by atoms with Crippen molar-refractivity contribution >= 4 is 17.6 Å². The molecule has 116 valence electrons. The summed E-state index contributed by atoms with van der Waals surface area (Å²) >= 11 is 0. The molecule has 1 amide bonds. The normalized spacial score (nSPS) is 10.5. The fourth-order valence-corrected chi connectivity index (χ4v) is 1.85. The van der Waals surface area contributed by atoms with Crippen molar-refractivity contribution in [1.82, 2.24) is 4.90 Å². The highest BCUT2D eigenvalue weighted by Gasteiger charge is 2.17. The van der Waals surface area contributed by atoms with Crippen molar-refractivity contribution in [2.45, 2.75) is 33.2 Å². The number of amides is 1. The third-order valence-corrected chi connectivity index (χ3v) is 3.49. The van der Waals surface area contributed by atoms with E-state index in [1.165, 1.54) is 0 Å². The molecule has 0 heterocycles. The van der Waals surface area contributed by atoms with Gasteiger partial charge >= 0.3 is 5.97 Å². The predicted molar refractivity (Wildman–Crippen MR) is 83.6 cm³/mol. The number of likely N-dealkylation sites (N-methyl/N-ethyl adjacent to an activating group) is 1. The van der Waals surface area contributed by atoms with Crippen molar-refractivity contribution < 1.29 is 14.7 Å². The minimum atomic E-state index is -0.864. The number of rotatable bonds is 7. The lowest BCUT2D eigenvalue weighted by Gasteiger charge is -2.28. The van der Waals surface area contributed by atoms with Crippen LogP contribution < -0.4 is 4.90 Å². The molecule has 5 nitrogen and oxygen atoms in total. The molecule has 0 atom stereocenters. The van der Waals surface area contributed by atoms with Gasteiger partial charge in [0, 0.05) is 25.3 Å². The molecule has 0 fully saturated rings. The number of carboxylic acid groups (broad SMARTS) is 1. The summed E-state index contributed by atoms with van der Waals surface area (Å²) in [6, 6.07) is 7.87. The van der Waals surface area contributed by atoms with Gasteiger partial charge in [0.1, 0.15) is 0 Å². The van der Waals surface area contributed by atoms with Gasteiger partial charge in [0.2, 0.25) is 5.91 Å². The van der Waals surface area contributed by atoms with E-state index in [-0.39, 0.29) is 24.9 Å². The van der Waals surface area contributed by atoms with Crippen LogP contribution in [0.5, 0.6) is 0 Å². The molecule has 0 aliphatic rings. The minimum absolute atomic E-state index is 0.00650. The summed E-state index contributed by atoms with van der Waals surface area (Å²) in [7, 11) is 1.76. The topological polar surface area (TPSA) is 60.9 Å². The number of carbonyl (C=O) groups excluding carboxylic acids is 1. The van der Waals surface area contributed by atoms with Crippen molar-refractivity contribution in [2.24, 2.45) is 0 Å². The molecule has 0 aliphatic carbocycles. The first kappa shape index (κ1) is 17.0. The summed E-state index contributed by atoms with van der Waals surface area (Å²) in [5, 5.41) is 8.86. The molecule has 0 saturated heterocycles. The molecule has 0 bridgehead atoms. The van der Waals surface area contributed by atoms with Gasteiger partial charge in [-0.15, -0.1) is 0 Å². The van der Waals surface area contributed by atoms with Crippen molar-refractivity contribution in [3.63, 3.8) is 0 Å². The van der Waals surface area contributed by atoms with Crippen LogP contribution >= 0.6 is 0 Å². The standard InChI is InChI=1S/C16H24N2O3/c1-12(2)17(4)15(19)11-18(10-9-16(20)21)14-7-5-13(3)6-8-14/h5-8,12H,9-11H2,1-4H3,(H,20,21). The highest BCUT2D eigenvalue weighted by molar-refractivity contribution is 5.81. The lowest BCUT2D eigenvalue weighted by molar-refractivity contribution is -0.137. The maximum absolute atomic E-state index is 12.2. The van der Waals surface area contributed by atoms with E-state index in [0.717, 1.165) is 11.3 Å². The first-order valence-corrected chi connectivity index (χ1v) is 7.10. The summed E-state index contributed by atoms with van der Waals surface area (Å²) in [6.45, 7) is 6.39. The molecule has 0 spiro atoms. The average molecular weight is 292 g/mol. The van der Waals surface area contributed by atoms with Crippen LogP contribution in [0, 0.1) is 6.92 Å². The van der Waals surface area contributed by atoms with Gasteiger partial charge in [-0.1, -0.05) is 17.7 Å². The van der Waals surface area contributed by atoms with Crippen LogP contribution in [-0.4, -0.2) is 48.1 Å². The fourth-order valence-electron chi connectivity index (χ4n) is 1.85. The summed E-state index contributed by atoms with van der Waals surface area (Å²) < 4.78 is 0. The average Bonchev–Trinajstić information content (AvgIpc) is 2.43. The Hall–Kier alpha value is -2.04. The van der Waals surface area contributed by atoms with Gasteiger partial charge in [0.15, 0.2) is 0 Å². The Balaban J connectivity index is 2.84. The molecule has 0 saturated carbocycles. The number of aryl methyl sites for hydroxylation is 1. The van der Waals surface area contributed by atoms with E-state index in [4.69, 9.17) is 5.11 Å². The summed E-state index contributed by atoms with van der Waals surface area (Å²) in [4.78, 5) is 26.5. The Morgan fingerprint density at radius 3 is 2.24 bits per heavy atom. The highest BCUT2D eigenvalue weighted by Crippen LogP contribution is 2.16. The van der Waals surface area contributed by atoms with Crippen LogP contribution in [0.2, 0.25) is 0 Å². The fraction of sp³-hybridized carbons (Fsp3) is 0.500. The van der Waals surface area contributed by atoms with Gasteiger partial charge in [-0.05, 0) is 32.9 Å². The third-order valence-electron chi connectivity index (χ3n) is 3.49. The largest absolute Gasteiger partial charge is 0.481 e. The van der Waals surface area contributed by atoms with Crippen molar-refractivity contribution in [2.75, 3.05) is 25.0 Å². The van der Waals surface area contributed by atoms with E-state index in [1.807, 2.05) is 49.9 Å². The van der Waals surface area contributed by atoms with Crippen molar-refractivity contribution in [3.8, 4) is 0 Å². The number of anilines is 1. The second kappa shape index (κ2) is 7.67. The molecular weight excluding hydrogens is 268 g/mol. The quantitative estimate of drug-likeness (QED) is 0.836. The summed E-state index contributed by atoms with van der Waals surface area (Å²) in [5.74, 6) is -0.882. The van der Waals surface area contributed by atoms with Gasteiger partial charge < -0.3 is 14.9 Å². The summed E-state index contributed by atoms with van der Waals surface area (Å²) in [6.07, 6.45) is 0.00650. The lowest BCUT2D eigenvalue weighted by atomic mass is 10.2. The number of carboxylic acids is 1. The zero-order valence-electron chi connectivity index (χ0n) is 13.2. The van der Waals surface area contributed by atoms with Crippen LogP contribution in [0.1, 0.15) is 25.8 Å². The maximum atomic E-state index is 12.2. The second-order valence-corrected chi connectivity index (χ2v) is 5.50. The Kier molecular flexibility index (Phi) is 6.21. The number of hydrogen-bond donors (Lipinski definition) is 1. The van der Waals surface area contributed by atoms with Gasteiger partial charge in [0.25, 0.3) is 0 Å². The highest BCUT2D eigenvalue weighted by atomic mass is 16.4. The van der Waals surface area contributed by atoms with Crippen LogP contribution in [-0.2, 0) is 9.59 Å². The SMILES string of the molecule is Cc1ccc(N(CCC(=O)O)CC(=O)N(C)C(C)C)cc1. The number of nitrogens with zero attached hydrogens (tertiary/aromatic N) is 2. The number of carbonyl (C=O) groups is 2. The zero-order chi connectivity index (χ0) is 16.0. The molecule has 1 N–H and O–H groups in total. The number of benzene rings is 1. The first-order valence-electron chi connectivity index (χ1n) is 7.10.